The standard InChI is InChI=1S/C8H9BrN2O/c9-6-4-10-5-11-8(6)7-2-1-3-12-7/h4-5,7H,1-3H2/t7-/m1/s1. The minimum Gasteiger partial charge on any atom is -0.372 e. The summed E-state index contributed by atoms with van der Waals surface area (Å²) in [6.45, 7) is 0.848. The Kier molecular flexibility index (Phi) is 2.37. The molecule has 1 saturated heterocycles. The van der Waals surface area contributed by atoms with Crippen molar-refractivity contribution in [3.63, 3.8) is 0 Å². The average molecular weight is 229 g/mol. The molecule has 12 heavy (non-hydrogen) atoms. The van der Waals surface area contributed by atoms with Crippen LogP contribution in [0.4, 0.5) is 0 Å². The van der Waals surface area contributed by atoms with Gasteiger partial charge in [-0.25, -0.2) is 9.97 Å². The summed E-state index contributed by atoms with van der Waals surface area (Å²) in [7, 11) is 0. The molecule has 0 N–H and O–H groups in total. The van der Waals surface area contributed by atoms with Crippen molar-refractivity contribution in [1.82, 2.24) is 9.97 Å². The van der Waals surface area contributed by atoms with E-state index in [0.717, 1.165) is 29.6 Å². The average Bonchev–Trinajstić information content (AvgIpc) is 2.57. The number of hydrogen-bond acceptors (Lipinski definition) is 3. The van der Waals surface area contributed by atoms with Crippen molar-refractivity contribution in [3.05, 3.63) is 22.7 Å². The molecular formula is C8H9BrN2O. The lowest BCUT2D eigenvalue weighted by molar-refractivity contribution is 0.108. The molecule has 1 aliphatic rings. The number of aromatic nitrogens is 2. The molecule has 0 saturated carbocycles. The first-order chi connectivity index (χ1) is 5.88. The van der Waals surface area contributed by atoms with Crippen molar-refractivity contribution in [2.45, 2.75) is 18.9 Å². The van der Waals surface area contributed by atoms with Crippen LogP contribution in [0, 0.1) is 0 Å². The molecule has 1 atom stereocenters. The SMILES string of the molecule is Brc1cncnc1[C@H]1CCCO1. The van der Waals surface area contributed by atoms with Crippen LogP contribution >= 0.6 is 15.9 Å². The predicted molar refractivity (Wildman–Crippen MR) is 47.7 cm³/mol. The molecule has 2 heterocycles. The fraction of sp³-hybridized carbons (Fsp3) is 0.500. The van der Waals surface area contributed by atoms with Gasteiger partial charge in [0.15, 0.2) is 0 Å². The van der Waals surface area contributed by atoms with Crippen molar-refractivity contribution in [1.29, 1.82) is 0 Å². The third kappa shape index (κ3) is 1.49. The number of hydrogen-bond donors (Lipinski definition) is 0. The summed E-state index contributed by atoms with van der Waals surface area (Å²) in [5.41, 5.74) is 0.975. The highest BCUT2D eigenvalue weighted by Crippen LogP contribution is 2.30. The number of nitrogens with zero attached hydrogens (tertiary/aromatic N) is 2. The maximum absolute atomic E-state index is 5.50. The van der Waals surface area contributed by atoms with Crippen LogP contribution in [0.15, 0.2) is 17.0 Å². The van der Waals surface area contributed by atoms with E-state index in [4.69, 9.17) is 4.74 Å². The molecule has 0 aliphatic carbocycles. The molecule has 64 valence electrons. The number of ether oxygens (including phenoxy) is 1. The van der Waals surface area contributed by atoms with Gasteiger partial charge in [0.05, 0.1) is 10.2 Å². The summed E-state index contributed by atoms with van der Waals surface area (Å²) in [6.07, 6.45) is 5.67. The fourth-order valence-corrected chi connectivity index (χ4v) is 1.83. The first kappa shape index (κ1) is 8.13. The Balaban J connectivity index is 2.26. The van der Waals surface area contributed by atoms with Gasteiger partial charge in [-0.3, -0.25) is 0 Å². The van der Waals surface area contributed by atoms with E-state index in [2.05, 4.69) is 25.9 Å². The summed E-state index contributed by atoms with van der Waals surface area (Å²) in [5, 5.41) is 0. The third-order valence-corrected chi connectivity index (χ3v) is 2.54. The van der Waals surface area contributed by atoms with E-state index in [-0.39, 0.29) is 6.10 Å². The minimum atomic E-state index is 0.169. The van der Waals surface area contributed by atoms with Gasteiger partial charge in [-0.05, 0) is 28.8 Å². The second-order valence-corrected chi connectivity index (χ2v) is 3.61. The van der Waals surface area contributed by atoms with Crippen molar-refractivity contribution >= 4 is 15.9 Å². The zero-order valence-corrected chi connectivity index (χ0v) is 8.12. The maximum atomic E-state index is 5.50. The summed E-state index contributed by atoms with van der Waals surface area (Å²) in [5.74, 6) is 0. The van der Waals surface area contributed by atoms with E-state index < -0.39 is 0 Å². The van der Waals surface area contributed by atoms with E-state index in [0.29, 0.717) is 0 Å². The molecule has 0 unspecified atom stereocenters. The molecule has 1 aromatic heterocycles. The Hall–Kier alpha value is -0.480. The highest BCUT2D eigenvalue weighted by molar-refractivity contribution is 9.10. The largest absolute Gasteiger partial charge is 0.372 e. The Bertz CT molecular complexity index is 274. The zero-order chi connectivity index (χ0) is 8.39. The van der Waals surface area contributed by atoms with Gasteiger partial charge in [-0.1, -0.05) is 0 Å². The van der Waals surface area contributed by atoms with E-state index in [9.17, 15) is 0 Å². The van der Waals surface area contributed by atoms with Crippen molar-refractivity contribution in [2.75, 3.05) is 6.61 Å². The van der Waals surface area contributed by atoms with Gasteiger partial charge in [0, 0.05) is 12.8 Å². The van der Waals surface area contributed by atoms with Gasteiger partial charge < -0.3 is 4.74 Å². The number of halogens is 1. The van der Waals surface area contributed by atoms with Crippen LogP contribution in [0.5, 0.6) is 0 Å². The van der Waals surface area contributed by atoms with Crippen molar-refractivity contribution in [3.8, 4) is 0 Å². The minimum absolute atomic E-state index is 0.169. The Morgan fingerprint density at radius 1 is 1.58 bits per heavy atom. The molecule has 0 amide bonds. The Morgan fingerprint density at radius 3 is 3.17 bits per heavy atom. The van der Waals surface area contributed by atoms with Crippen LogP contribution < -0.4 is 0 Å². The molecule has 0 spiro atoms. The molecule has 1 fully saturated rings. The monoisotopic (exact) mass is 228 g/mol. The van der Waals surface area contributed by atoms with Crippen LogP contribution in [0.2, 0.25) is 0 Å². The molecular weight excluding hydrogens is 220 g/mol. The summed E-state index contributed by atoms with van der Waals surface area (Å²) >= 11 is 3.40. The zero-order valence-electron chi connectivity index (χ0n) is 6.53. The van der Waals surface area contributed by atoms with Crippen LogP contribution in [-0.4, -0.2) is 16.6 Å². The lowest BCUT2D eigenvalue weighted by atomic mass is 10.2. The molecule has 3 nitrogen and oxygen atoms in total. The van der Waals surface area contributed by atoms with Crippen molar-refractivity contribution in [2.24, 2.45) is 0 Å². The highest BCUT2D eigenvalue weighted by atomic mass is 79.9. The molecule has 0 aromatic carbocycles. The van der Waals surface area contributed by atoms with E-state index in [1.807, 2.05) is 0 Å². The predicted octanol–water partition coefficient (Wildman–Crippen LogP) is 2.09. The molecule has 0 radical (unpaired) electrons. The summed E-state index contributed by atoms with van der Waals surface area (Å²) < 4.78 is 6.44. The first-order valence-electron chi connectivity index (χ1n) is 3.95. The molecule has 2 rings (SSSR count). The molecule has 1 aromatic rings. The molecule has 4 heteroatoms. The van der Waals surface area contributed by atoms with E-state index >= 15 is 0 Å². The number of rotatable bonds is 1. The fourth-order valence-electron chi connectivity index (χ4n) is 1.35. The third-order valence-electron chi connectivity index (χ3n) is 1.93. The molecule has 0 bridgehead atoms. The Labute approximate surface area is 79.3 Å². The van der Waals surface area contributed by atoms with Crippen LogP contribution in [0.25, 0.3) is 0 Å². The smallest absolute Gasteiger partial charge is 0.115 e. The van der Waals surface area contributed by atoms with Crippen molar-refractivity contribution < 1.29 is 4.74 Å². The summed E-state index contributed by atoms with van der Waals surface area (Å²) in [6, 6.07) is 0. The normalized spacial score (nSPS) is 22.9. The van der Waals surface area contributed by atoms with Gasteiger partial charge in [0.25, 0.3) is 0 Å². The quantitative estimate of drug-likeness (QED) is 0.739. The Morgan fingerprint density at radius 2 is 2.50 bits per heavy atom. The molecule has 1 aliphatic heterocycles. The van der Waals surface area contributed by atoms with E-state index in [1.54, 1.807) is 12.5 Å². The van der Waals surface area contributed by atoms with E-state index in [1.165, 1.54) is 0 Å². The second-order valence-electron chi connectivity index (χ2n) is 2.76. The van der Waals surface area contributed by atoms with Crippen LogP contribution in [0.1, 0.15) is 24.6 Å². The highest BCUT2D eigenvalue weighted by Gasteiger charge is 2.20. The topological polar surface area (TPSA) is 35.0 Å². The van der Waals surface area contributed by atoms with Gasteiger partial charge in [-0.2, -0.15) is 0 Å². The van der Waals surface area contributed by atoms with Gasteiger partial charge in [0.2, 0.25) is 0 Å². The summed E-state index contributed by atoms with van der Waals surface area (Å²) in [4.78, 5) is 8.08. The van der Waals surface area contributed by atoms with Gasteiger partial charge in [0.1, 0.15) is 12.4 Å². The lowest BCUT2D eigenvalue weighted by Gasteiger charge is -2.08. The second kappa shape index (κ2) is 3.49. The van der Waals surface area contributed by atoms with Crippen LogP contribution in [0.3, 0.4) is 0 Å². The van der Waals surface area contributed by atoms with Crippen LogP contribution in [-0.2, 0) is 4.74 Å². The maximum Gasteiger partial charge on any atom is 0.115 e. The first-order valence-corrected chi connectivity index (χ1v) is 4.74. The van der Waals surface area contributed by atoms with Gasteiger partial charge in [-0.15, -0.1) is 0 Å². The van der Waals surface area contributed by atoms with Gasteiger partial charge >= 0.3 is 0 Å². The lowest BCUT2D eigenvalue weighted by Crippen LogP contribution is -2.00.